The minimum Gasteiger partial charge on any atom is -0.382 e. The molecule has 4 fully saturated rings. The summed E-state index contributed by atoms with van der Waals surface area (Å²) in [5.74, 6) is 2.69. The first-order valence-corrected chi connectivity index (χ1v) is 12.8. The molecule has 33 heavy (non-hydrogen) atoms. The van der Waals surface area contributed by atoms with Crippen LogP contribution in [0.15, 0.2) is 17.1 Å². The van der Waals surface area contributed by atoms with Crippen molar-refractivity contribution in [2.45, 2.75) is 75.8 Å². The second-order valence-corrected chi connectivity index (χ2v) is 11.0. The summed E-state index contributed by atoms with van der Waals surface area (Å²) in [7, 11) is 2.05. The molecule has 0 bridgehead atoms. The summed E-state index contributed by atoms with van der Waals surface area (Å²) in [6.07, 6.45) is 14.6. The molecular formula is C25H33N7O. The van der Waals surface area contributed by atoms with Crippen molar-refractivity contribution in [3.8, 4) is 11.3 Å². The first-order valence-electron chi connectivity index (χ1n) is 12.8. The summed E-state index contributed by atoms with van der Waals surface area (Å²) in [6.45, 7) is 1.09. The van der Waals surface area contributed by atoms with E-state index in [0.29, 0.717) is 28.3 Å². The van der Waals surface area contributed by atoms with Crippen LogP contribution in [0.25, 0.3) is 22.2 Å². The number of rotatable bonds is 5. The van der Waals surface area contributed by atoms with Crippen LogP contribution in [0.4, 0.5) is 11.6 Å². The molecule has 0 unspecified atom stereocenters. The number of nitrogens with zero attached hydrogens (tertiary/aromatic N) is 5. The van der Waals surface area contributed by atoms with Gasteiger partial charge in [0.25, 0.3) is 5.56 Å². The van der Waals surface area contributed by atoms with Gasteiger partial charge in [-0.3, -0.25) is 14.6 Å². The molecule has 0 aromatic carbocycles. The first-order chi connectivity index (χ1) is 16.1. The topological polar surface area (TPSA) is 97.8 Å². The number of H-pyrrole nitrogens is 1. The molecule has 174 valence electrons. The van der Waals surface area contributed by atoms with Crippen LogP contribution in [0.1, 0.15) is 70.3 Å². The van der Waals surface area contributed by atoms with E-state index in [1.54, 1.807) is 0 Å². The van der Waals surface area contributed by atoms with Crippen LogP contribution in [0.3, 0.4) is 0 Å². The number of nitrogens with one attached hydrogen (secondary N) is 1. The lowest BCUT2D eigenvalue weighted by Crippen LogP contribution is -2.42. The normalized spacial score (nSPS) is 22.4. The van der Waals surface area contributed by atoms with Gasteiger partial charge in [0.2, 0.25) is 0 Å². The molecule has 0 atom stereocenters. The van der Waals surface area contributed by atoms with Crippen molar-refractivity contribution in [3.63, 3.8) is 0 Å². The molecule has 8 heteroatoms. The van der Waals surface area contributed by atoms with Crippen molar-refractivity contribution in [1.82, 2.24) is 24.5 Å². The second-order valence-electron chi connectivity index (χ2n) is 11.0. The van der Waals surface area contributed by atoms with Gasteiger partial charge in [0.05, 0.1) is 11.2 Å². The molecular weight excluding hydrogens is 414 g/mol. The molecule has 0 radical (unpaired) electrons. The van der Waals surface area contributed by atoms with Crippen molar-refractivity contribution in [1.29, 1.82) is 0 Å². The third kappa shape index (κ3) is 2.91. The fourth-order valence-corrected chi connectivity index (χ4v) is 6.98. The monoisotopic (exact) mass is 447 g/mol. The highest BCUT2D eigenvalue weighted by molar-refractivity contribution is 5.97. The molecule has 7 rings (SSSR count). The molecule has 1 aliphatic heterocycles. The van der Waals surface area contributed by atoms with Gasteiger partial charge in [-0.25, -0.2) is 0 Å². The highest BCUT2D eigenvalue weighted by Crippen LogP contribution is 2.52. The number of anilines is 2. The number of hydrogen-bond acceptors (Lipinski definition) is 5. The summed E-state index contributed by atoms with van der Waals surface area (Å²) in [6, 6.07) is 2.49. The van der Waals surface area contributed by atoms with Crippen molar-refractivity contribution in [3.05, 3.63) is 22.6 Å². The Kier molecular flexibility index (Phi) is 4.10. The van der Waals surface area contributed by atoms with E-state index in [0.717, 1.165) is 17.8 Å². The molecule has 3 N–H and O–H groups in total. The fraction of sp³-hybridized carbons (Fsp3) is 0.640. The number of fused-ring (bicyclic) bond motifs is 1. The molecule has 1 saturated heterocycles. The number of aryl methyl sites for hydroxylation is 1. The number of nitrogen functional groups attached to an aromatic ring is 1. The minimum absolute atomic E-state index is 0.00981. The Morgan fingerprint density at radius 2 is 1.82 bits per heavy atom. The van der Waals surface area contributed by atoms with Gasteiger partial charge in [-0.2, -0.15) is 10.2 Å². The average molecular weight is 448 g/mol. The third-order valence-corrected chi connectivity index (χ3v) is 8.85. The smallest absolute Gasteiger partial charge is 0.264 e. The van der Waals surface area contributed by atoms with Crippen LogP contribution in [-0.4, -0.2) is 36.6 Å². The average Bonchev–Trinajstić information content (AvgIpc) is 3.65. The van der Waals surface area contributed by atoms with Gasteiger partial charge in [0.1, 0.15) is 11.2 Å². The second kappa shape index (κ2) is 6.87. The van der Waals surface area contributed by atoms with Crippen LogP contribution in [0.2, 0.25) is 0 Å². The van der Waals surface area contributed by atoms with E-state index in [4.69, 9.17) is 10.8 Å². The zero-order valence-corrected chi connectivity index (χ0v) is 19.4. The van der Waals surface area contributed by atoms with Gasteiger partial charge in [0, 0.05) is 43.0 Å². The maximum atomic E-state index is 13.5. The molecule has 4 heterocycles. The Balaban J connectivity index is 1.38. The quantitative estimate of drug-likeness (QED) is 0.616. The van der Waals surface area contributed by atoms with Gasteiger partial charge >= 0.3 is 0 Å². The maximum Gasteiger partial charge on any atom is 0.264 e. The van der Waals surface area contributed by atoms with E-state index in [1.807, 2.05) is 22.5 Å². The van der Waals surface area contributed by atoms with E-state index in [2.05, 4.69) is 21.2 Å². The first kappa shape index (κ1) is 19.7. The third-order valence-electron chi connectivity index (χ3n) is 8.85. The molecule has 3 aromatic heterocycles. The molecule has 3 aromatic rings. The van der Waals surface area contributed by atoms with E-state index in [9.17, 15) is 4.79 Å². The molecule has 3 aliphatic carbocycles. The molecule has 3 saturated carbocycles. The van der Waals surface area contributed by atoms with Crippen molar-refractivity contribution < 1.29 is 0 Å². The van der Waals surface area contributed by atoms with Gasteiger partial charge < -0.3 is 15.2 Å². The summed E-state index contributed by atoms with van der Waals surface area (Å²) in [5.41, 5.74) is 9.03. The molecule has 8 nitrogen and oxygen atoms in total. The van der Waals surface area contributed by atoms with Gasteiger partial charge in [0.15, 0.2) is 5.82 Å². The Bertz CT molecular complexity index is 1270. The predicted molar refractivity (Wildman–Crippen MR) is 129 cm³/mol. The van der Waals surface area contributed by atoms with Crippen LogP contribution in [0.5, 0.6) is 0 Å². The molecule has 1 spiro atoms. The lowest BCUT2D eigenvalue weighted by Gasteiger charge is -2.36. The van der Waals surface area contributed by atoms with Crippen LogP contribution in [0, 0.1) is 11.8 Å². The van der Waals surface area contributed by atoms with Gasteiger partial charge in [-0.1, -0.05) is 12.8 Å². The Hall–Kier alpha value is -2.77. The predicted octanol–water partition coefficient (Wildman–Crippen LogP) is 3.98. The Labute approximate surface area is 193 Å². The van der Waals surface area contributed by atoms with E-state index in [-0.39, 0.29) is 17.4 Å². The standard InChI is InChI=1S/C25H33N7O/c1-30-19(32-12-4-11-25(32)9-2-3-10-25)13-18(29-30)17-14-31(22(15-5-6-15)16-7-8-16)24(33)20-21(17)27-28-23(20)26/h13-16,22H,2-12H2,1H3,(H3,26,27,28). The zero-order chi connectivity index (χ0) is 22.3. The van der Waals surface area contributed by atoms with Gasteiger partial charge in [-0.05, 0) is 63.2 Å². The largest absolute Gasteiger partial charge is 0.382 e. The fourth-order valence-electron chi connectivity index (χ4n) is 6.98. The van der Waals surface area contributed by atoms with Gasteiger partial charge in [-0.15, -0.1) is 0 Å². The van der Waals surface area contributed by atoms with E-state index in [1.165, 1.54) is 70.0 Å². The Morgan fingerprint density at radius 3 is 2.52 bits per heavy atom. The van der Waals surface area contributed by atoms with Crippen molar-refractivity contribution in [2.75, 3.05) is 17.2 Å². The summed E-state index contributed by atoms with van der Waals surface area (Å²) < 4.78 is 4.02. The van der Waals surface area contributed by atoms with Crippen LogP contribution in [-0.2, 0) is 7.05 Å². The molecule has 4 aliphatic rings. The Morgan fingerprint density at radius 1 is 1.12 bits per heavy atom. The van der Waals surface area contributed by atoms with Crippen molar-refractivity contribution >= 4 is 22.5 Å². The van der Waals surface area contributed by atoms with Crippen LogP contribution < -0.4 is 16.2 Å². The summed E-state index contributed by atoms with van der Waals surface area (Å²) in [5, 5.41) is 12.7. The number of nitrogens with two attached hydrogens (primary N) is 1. The van der Waals surface area contributed by atoms with E-state index >= 15 is 0 Å². The number of hydrogen-bond donors (Lipinski definition) is 2. The van der Waals surface area contributed by atoms with E-state index < -0.39 is 0 Å². The lowest BCUT2D eigenvalue weighted by atomic mass is 9.94. The SMILES string of the molecule is Cn1nc(-c2cn(C(C3CC3)C3CC3)c(=O)c3c(N)n[nH]c23)cc1N1CCCC12CCCC2. The highest BCUT2D eigenvalue weighted by atomic mass is 16.1. The zero-order valence-electron chi connectivity index (χ0n) is 19.4. The van der Waals surface area contributed by atoms with Crippen LogP contribution >= 0.6 is 0 Å². The summed E-state index contributed by atoms with van der Waals surface area (Å²) >= 11 is 0. The number of pyridine rings is 1. The summed E-state index contributed by atoms with van der Waals surface area (Å²) in [4.78, 5) is 16.2. The number of aromatic amines is 1. The highest BCUT2D eigenvalue weighted by Gasteiger charge is 2.45. The lowest BCUT2D eigenvalue weighted by molar-refractivity contribution is 0.386. The minimum atomic E-state index is -0.00981. The number of aromatic nitrogens is 5. The maximum absolute atomic E-state index is 13.5. The molecule has 0 amide bonds. The van der Waals surface area contributed by atoms with Crippen molar-refractivity contribution in [2.24, 2.45) is 18.9 Å².